The number of carbonyl (C=O) groups is 1. The number of benzene rings is 2. The third-order valence-corrected chi connectivity index (χ3v) is 7.18. The molecule has 1 saturated heterocycles. The number of nitriles is 2. The zero-order valence-corrected chi connectivity index (χ0v) is 21.8. The number of aryl methyl sites for hydroxylation is 1. The molecule has 0 bridgehead atoms. The number of nitrogens with zero attached hydrogens (tertiary/aromatic N) is 5. The van der Waals surface area contributed by atoms with Crippen molar-refractivity contribution in [2.75, 3.05) is 13.1 Å². The van der Waals surface area contributed by atoms with E-state index < -0.39 is 12.1 Å². The van der Waals surface area contributed by atoms with Gasteiger partial charge in [0.15, 0.2) is 0 Å². The molecule has 2 heterocycles. The molecule has 39 heavy (non-hydrogen) atoms. The van der Waals surface area contributed by atoms with Crippen molar-refractivity contribution in [2.24, 2.45) is 5.41 Å². The van der Waals surface area contributed by atoms with E-state index in [1.54, 1.807) is 0 Å². The molecular formula is C29H30F3N5O2. The van der Waals surface area contributed by atoms with E-state index in [1.165, 1.54) is 16.8 Å². The molecule has 3 aromatic rings. The maximum absolute atomic E-state index is 10.6. The average molecular weight is 538 g/mol. The fourth-order valence-electron chi connectivity index (χ4n) is 4.72. The first-order chi connectivity index (χ1) is 18.5. The molecule has 0 radical (unpaired) electrons. The lowest BCUT2D eigenvalue weighted by Crippen LogP contribution is -2.42. The van der Waals surface area contributed by atoms with Crippen molar-refractivity contribution in [3.05, 3.63) is 89.0 Å². The molecule has 1 fully saturated rings. The van der Waals surface area contributed by atoms with Crippen molar-refractivity contribution in [3.63, 3.8) is 0 Å². The van der Waals surface area contributed by atoms with E-state index in [9.17, 15) is 18.4 Å². The Balaban J connectivity index is 0.000000532. The summed E-state index contributed by atoms with van der Waals surface area (Å²) in [6.07, 6.45) is 1.34. The summed E-state index contributed by atoms with van der Waals surface area (Å²) in [5, 5.41) is 26.2. The monoisotopic (exact) mass is 537 g/mol. The van der Waals surface area contributed by atoms with Crippen LogP contribution in [0.1, 0.15) is 53.8 Å². The van der Waals surface area contributed by atoms with Gasteiger partial charge in [0.2, 0.25) is 0 Å². The van der Waals surface area contributed by atoms with Crippen molar-refractivity contribution in [1.29, 1.82) is 10.5 Å². The zero-order chi connectivity index (χ0) is 28.6. The molecule has 1 aliphatic heterocycles. The summed E-state index contributed by atoms with van der Waals surface area (Å²) in [5.41, 5.74) is 5.27. The zero-order valence-electron chi connectivity index (χ0n) is 21.8. The number of likely N-dealkylation sites (tertiary alicyclic amines) is 1. The molecule has 10 heteroatoms. The van der Waals surface area contributed by atoms with Gasteiger partial charge >= 0.3 is 12.1 Å². The Kier molecular flexibility index (Phi) is 9.50. The van der Waals surface area contributed by atoms with Crippen LogP contribution in [0, 0.1) is 35.0 Å². The molecule has 0 aliphatic carbocycles. The van der Waals surface area contributed by atoms with Gasteiger partial charge in [-0.15, -0.1) is 0 Å². The average Bonchev–Trinajstić information content (AvgIpc) is 3.38. The number of alkyl halides is 3. The second-order valence-corrected chi connectivity index (χ2v) is 9.77. The van der Waals surface area contributed by atoms with Crippen molar-refractivity contribution in [3.8, 4) is 12.1 Å². The van der Waals surface area contributed by atoms with Gasteiger partial charge in [0, 0.05) is 31.9 Å². The lowest BCUT2D eigenvalue weighted by molar-refractivity contribution is -0.192. The topological polar surface area (TPSA) is 106 Å². The number of halogens is 3. The van der Waals surface area contributed by atoms with Crippen molar-refractivity contribution >= 4 is 5.97 Å². The Morgan fingerprint density at radius 1 is 1.13 bits per heavy atom. The maximum Gasteiger partial charge on any atom is 0.490 e. The van der Waals surface area contributed by atoms with Crippen LogP contribution in [0.4, 0.5) is 13.2 Å². The maximum atomic E-state index is 10.6. The van der Waals surface area contributed by atoms with Crippen LogP contribution in [0.2, 0.25) is 0 Å². The van der Waals surface area contributed by atoms with Crippen LogP contribution < -0.4 is 0 Å². The molecule has 1 N–H and O–H groups in total. The van der Waals surface area contributed by atoms with Crippen LogP contribution in [0.15, 0.2) is 61.1 Å². The Labute approximate surface area is 225 Å². The van der Waals surface area contributed by atoms with Crippen molar-refractivity contribution in [2.45, 2.75) is 51.9 Å². The van der Waals surface area contributed by atoms with Crippen molar-refractivity contribution < 1.29 is 23.1 Å². The van der Waals surface area contributed by atoms with Gasteiger partial charge in [-0.1, -0.05) is 36.4 Å². The van der Waals surface area contributed by atoms with Gasteiger partial charge in [-0.3, -0.25) is 4.90 Å². The number of aliphatic carboxylic acids is 1. The summed E-state index contributed by atoms with van der Waals surface area (Å²) in [5.74, 6) is -2.76. The van der Waals surface area contributed by atoms with Gasteiger partial charge in [-0.05, 0) is 61.9 Å². The molecule has 4 rings (SSSR count). The number of aromatic nitrogens is 2. The normalized spacial score (nSPS) is 15.8. The van der Waals surface area contributed by atoms with E-state index in [4.69, 9.17) is 15.2 Å². The predicted molar refractivity (Wildman–Crippen MR) is 138 cm³/mol. The standard InChI is InChI=1S/C27H29N5.C2HF3O2/c1-21-5-3-4-6-25(21)15-27(19-29)11-13-31(14-12-27)22(2)26-17-30-20-32(26)18-24-9-7-23(16-28)8-10-24;3-2(4,5)1(6)7/h3-10,17,20,22H,11-15,18H2,1-2H3;(H,6,7). The third-order valence-electron chi connectivity index (χ3n) is 7.18. The molecule has 7 nitrogen and oxygen atoms in total. The molecular weight excluding hydrogens is 507 g/mol. The lowest BCUT2D eigenvalue weighted by Gasteiger charge is -2.40. The largest absolute Gasteiger partial charge is 0.490 e. The molecule has 2 aromatic carbocycles. The Morgan fingerprint density at radius 3 is 2.28 bits per heavy atom. The summed E-state index contributed by atoms with van der Waals surface area (Å²) in [7, 11) is 0. The molecule has 1 atom stereocenters. The number of rotatable bonds is 6. The minimum absolute atomic E-state index is 0.228. The molecule has 1 aliphatic rings. The number of hydrogen-bond donors (Lipinski definition) is 1. The number of carboxylic acid groups (broad SMARTS) is 1. The van der Waals surface area contributed by atoms with E-state index in [0.29, 0.717) is 5.56 Å². The minimum Gasteiger partial charge on any atom is -0.475 e. The molecule has 1 unspecified atom stereocenters. The third kappa shape index (κ3) is 7.68. The quantitative estimate of drug-likeness (QED) is 0.435. The summed E-state index contributed by atoms with van der Waals surface area (Å²) in [6.45, 7) is 6.90. The fraction of sp³-hybridized carbons (Fsp3) is 0.379. The Morgan fingerprint density at radius 2 is 1.74 bits per heavy atom. The van der Waals surface area contributed by atoms with E-state index >= 15 is 0 Å². The summed E-state index contributed by atoms with van der Waals surface area (Å²) in [4.78, 5) is 15.8. The lowest BCUT2D eigenvalue weighted by atomic mass is 9.74. The molecule has 1 aromatic heterocycles. The Hall–Kier alpha value is -4.15. The van der Waals surface area contributed by atoms with E-state index in [-0.39, 0.29) is 11.5 Å². The first-order valence-corrected chi connectivity index (χ1v) is 12.5. The van der Waals surface area contributed by atoms with Gasteiger partial charge in [-0.2, -0.15) is 23.7 Å². The molecule has 0 amide bonds. The SMILES string of the molecule is Cc1ccccc1CC1(C#N)CCN(C(C)c2cncn2Cc2ccc(C#N)cc2)CC1.O=C(O)C(F)(F)F. The van der Waals surface area contributed by atoms with E-state index in [0.717, 1.165) is 44.5 Å². The van der Waals surface area contributed by atoms with Gasteiger partial charge < -0.3 is 9.67 Å². The smallest absolute Gasteiger partial charge is 0.475 e. The van der Waals surface area contributed by atoms with E-state index in [2.05, 4.69) is 64.7 Å². The van der Waals surface area contributed by atoms with Crippen LogP contribution in [0.5, 0.6) is 0 Å². The number of imidazole rings is 1. The van der Waals surface area contributed by atoms with Gasteiger partial charge in [0.05, 0.1) is 35.1 Å². The van der Waals surface area contributed by atoms with Crippen LogP contribution >= 0.6 is 0 Å². The van der Waals surface area contributed by atoms with Crippen LogP contribution in [-0.2, 0) is 17.8 Å². The highest BCUT2D eigenvalue weighted by molar-refractivity contribution is 5.73. The van der Waals surface area contributed by atoms with Crippen LogP contribution in [-0.4, -0.2) is 44.8 Å². The Bertz CT molecular complexity index is 1340. The number of hydrogen-bond acceptors (Lipinski definition) is 5. The first kappa shape index (κ1) is 29.4. The van der Waals surface area contributed by atoms with Crippen molar-refractivity contribution in [1.82, 2.24) is 14.5 Å². The predicted octanol–water partition coefficient (Wildman–Crippen LogP) is 5.65. The fourth-order valence-corrected chi connectivity index (χ4v) is 4.72. The van der Waals surface area contributed by atoms with Gasteiger partial charge in [-0.25, -0.2) is 9.78 Å². The molecule has 204 valence electrons. The second-order valence-electron chi connectivity index (χ2n) is 9.77. The molecule has 0 spiro atoms. The first-order valence-electron chi connectivity index (χ1n) is 12.5. The highest BCUT2D eigenvalue weighted by atomic mass is 19.4. The van der Waals surface area contributed by atoms with Crippen LogP contribution in [0.3, 0.4) is 0 Å². The summed E-state index contributed by atoms with van der Waals surface area (Å²) < 4.78 is 33.9. The van der Waals surface area contributed by atoms with Gasteiger partial charge in [0.1, 0.15) is 0 Å². The highest BCUT2D eigenvalue weighted by Gasteiger charge is 2.38. The highest BCUT2D eigenvalue weighted by Crippen LogP contribution is 2.37. The minimum atomic E-state index is -5.08. The molecule has 0 saturated carbocycles. The number of carboxylic acids is 1. The van der Waals surface area contributed by atoms with Gasteiger partial charge in [0.25, 0.3) is 0 Å². The summed E-state index contributed by atoms with van der Waals surface area (Å²) >= 11 is 0. The van der Waals surface area contributed by atoms with Crippen LogP contribution in [0.25, 0.3) is 0 Å². The van der Waals surface area contributed by atoms with E-state index in [1.807, 2.05) is 36.8 Å². The summed E-state index contributed by atoms with van der Waals surface area (Å²) in [6, 6.07) is 21.2. The second kappa shape index (κ2) is 12.6. The number of piperidine rings is 1.